The average molecular weight is 268 g/mol. The van der Waals surface area contributed by atoms with Gasteiger partial charge in [-0.1, -0.05) is 0 Å². The van der Waals surface area contributed by atoms with Gasteiger partial charge in [-0.3, -0.25) is 0 Å². The molecule has 0 aromatic carbocycles. The van der Waals surface area contributed by atoms with E-state index in [1.165, 1.54) is 0 Å². The van der Waals surface area contributed by atoms with E-state index in [0.717, 1.165) is 0 Å². The van der Waals surface area contributed by atoms with Crippen molar-refractivity contribution in [3.8, 4) is 0 Å². The van der Waals surface area contributed by atoms with Crippen LogP contribution < -0.4 is 0 Å². The van der Waals surface area contributed by atoms with Gasteiger partial charge in [0.15, 0.2) is 6.10 Å². The molecule has 2 unspecified atom stereocenters. The summed E-state index contributed by atoms with van der Waals surface area (Å²) < 4.78 is 84.6. The van der Waals surface area contributed by atoms with Crippen LogP contribution in [-0.2, 0) is 14.2 Å². The Balaban J connectivity index is 2.60. The lowest BCUT2D eigenvalue weighted by Gasteiger charge is -2.27. The number of alkyl halides is 6. The van der Waals surface area contributed by atoms with E-state index in [0.29, 0.717) is 0 Å². The van der Waals surface area contributed by atoms with Gasteiger partial charge in [0.1, 0.15) is 6.61 Å². The summed E-state index contributed by atoms with van der Waals surface area (Å²) in [7, 11) is 0. The van der Waals surface area contributed by atoms with Crippen molar-refractivity contribution in [1.29, 1.82) is 0 Å². The van der Waals surface area contributed by atoms with Crippen LogP contribution in [0.15, 0.2) is 0 Å². The maximum atomic E-state index is 12.9. The second kappa shape index (κ2) is 4.59. The normalized spacial score (nSPS) is 24.4. The molecular formula is C7H6F6O4. The van der Waals surface area contributed by atoms with Crippen molar-refractivity contribution in [2.45, 2.75) is 24.6 Å². The van der Waals surface area contributed by atoms with E-state index in [9.17, 15) is 31.1 Å². The van der Waals surface area contributed by atoms with Gasteiger partial charge in [0.2, 0.25) is 0 Å². The van der Waals surface area contributed by atoms with Gasteiger partial charge in [-0.25, -0.2) is 13.6 Å². The predicted octanol–water partition coefficient (Wildman–Crippen LogP) is 2.03. The van der Waals surface area contributed by atoms with Gasteiger partial charge in [-0.15, -0.1) is 0 Å². The molecule has 1 rings (SSSR count). The molecule has 1 aliphatic rings. The van der Waals surface area contributed by atoms with Crippen molar-refractivity contribution in [1.82, 2.24) is 0 Å². The highest BCUT2D eigenvalue weighted by molar-refractivity contribution is 5.61. The zero-order valence-electron chi connectivity index (χ0n) is 7.97. The molecule has 100 valence electrons. The van der Waals surface area contributed by atoms with Crippen LogP contribution in [0.2, 0.25) is 0 Å². The summed E-state index contributed by atoms with van der Waals surface area (Å²) in [6.07, 6.45) is -12.9. The van der Waals surface area contributed by atoms with Crippen molar-refractivity contribution in [2.75, 3.05) is 13.2 Å². The standard InChI is InChI=1S/C7H6F6O4/c8-4(9)6(10,7(11,12)13)16-2-3-1-15-5(14)17-3/h3-4H,1-2H2. The summed E-state index contributed by atoms with van der Waals surface area (Å²) in [6.45, 7) is -1.68. The van der Waals surface area contributed by atoms with Crippen LogP contribution in [0.25, 0.3) is 0 Å². The van der Waals surface area contributed by atoms with Crippen LogP contribution >= 0.6 is 0 Å². The van der Waals surface area contributed by atoms with E-state index in [-0.39, 0.29) is 0 Å². The fraction of sp³-hybridized carbons (Fsp3) is 0.857. The first-order valence-corrected chi connectivity index (χ1v) is 4.18. The van der Waals surface area contributed by atoms with Crippen LogP contribution in [-0.4, -0.2) is 43.9 Å². The molecule has 0 N–H and O–H groups in total. The molecule has 1 heterocycles. The second-order valence-corrected chi connectivity index (χ2v) is 3.06. The lowest BCUT2D eigenvalue weighted by Crippen LogP contribution is -2.50. The molecule has 1 fully saturated rings. The first-order valence-electron chi connectivity index (χ1n) is 4.18. The number of halogens is 6. The third kappa shape index (κ3) is 2.93. The molecule has 0 radical (unpaired) electrons. The molecule has 2 atom stereocenters. The Labute approximate surface area is 90.4 Å². The van der Waals surface area contributed by atoms with Crippen molar-refractivity contribution in [3.05, 3.63) is 0 Å². The molecular weight excluding hydrogens is 262 g/mol. The van der Waals surface area contributed by atoms with Gasteiger partial charge >= 0.3 is 24.6 Å². The Morgan fingerprint density at radius 2 is 1.94 bits per heavy atom. The number of hydrogen-bond donors (Lipinski definition) is 0. The molecule has 0 spiro atoms. The quantitative estimate of drug-likeness (QED) is 0.578. The molecule has 0 aliphatic carbocycles. The molecule has 10 heteroatoms. The van der Waals surface area contributed by atoms with Gasteiger partial charge in [-0.2, -0.15) is 17.6 Å². The van der Waals surface area contributed by atoms with E-state index in [1.54, 1.807) is 0 Å². The summed E-state index contributed by atoms with van der Waals surface area (Å²) >= 11 is 0. The molecule has 0 aromatic heterocycles. The number of hydrogen-bond acceptors (Lipinski definition) is 4. The summed E-state index contributed by atoms with van der Waals surface area (Å²) in [5.41, 5.74) is 0. The maximum absolute atomic E-state index is 12.9. The summed E-state index contributed by atoms with van der Waals surface area (Å²) in [4.78, 5) is 10.3. The number of cyclic esters (lactones) is 2. The molecule has 0 bridgehead atoms. The molecule has 0 aromatic rings. The third-order valence-electron chi connectivity index (χ3n) is 1.80. The number of ether oxygens (including phenoxy) is 3. The predicted molar refractivity (Wildman–Crippen MR) is 38.1 cm³/mol. The first kappa shape index (κ1) is 13.9. The number of carbonyl (C=O) groups excluding carboxylic acids is 1. The molecule has 4 nitrogen and oxygen atoms in total. The van der Waals surface area contributed by atoms with Crippen molar-refractivity contribution >= 4 is 6.16 Å². The van der Waals surface area contributed by atoms with Crippen LogP contribution in [0, 0.1) is 0 Å². The molecule has 0 amide bonds. The summed E-state index contributed by atoms with van der Waals surface area (Å²) in [5, 5.41) is 0. The Bertz CT molecular complexity index is 293. The van der Waals surface area contributed by atoms with Crippen LogP contribution in [0.1, 0.15) is 0 Å². The minimum atomic E-state index is -5.90. The monoisotopic (exact) mass is 268 g/mol. The maximum Gasteiger partial charge on any atom is 0.508 e. The largest absolute Gasteiger partial charge is 0.508 e. The Hall–Kier alpha value is -1.19. The second-order valence-electron chi connectivity index (χ2n) is 3.06. The molecule has 1 aliphatic heterocycles. The Kier molecular flexibility index (Phi) is 3.74. The minimum Gasteiger partial charge on any atom is -0.430 e. The van der Waals surface area contributed by atoms with Crippen LogP contribution in [0.3, 0.4) is 0 Å². The first-order chi connectivity index (χ1) is 7.67. The smallest absolute Gasteiger partial charge is 0.430 e. The van der Waals surface area contributed by atoms with Gasteiger partial charge in [0, 0.05) is 0 Å². The highest BCUT2D eigenvalue weighted by atomic mass is 19.4. The van der Waals surface area contributed by atoms with Crippen molar-refractivity contribution in [2.24, 2.45) is 0 Å². The lowest BCUT2D eigenvalue weighted by molar-refractivity contribution is -0.371. The SMILES string of the molecule is O=C1OCC(COC(F)(C(F)F)C(F)(F)F)O1. The molecule has 0 saturated carbocycles. The topological polar surface area (TPSA) is 44.8 Å². The molecule has 1 saturated heterocycles. The number of rotatable bonds is 4. The van der Waals surface area contributed by atoms with Gasteiger partial charge in [0.05, 0.1) is 6.61 Å². The van der Waals surface area contributed by atoms with Crippen LogP contribution in [0.4, 0.5) is 31.1 Å². The van der Waals surface area contributed by atoms with Gasteiger partial charge in [0.25, 0.3) is 0 Å². The van der Waals surface area contributed by atoms with E-state index in [2.05, 4.69) is 14.2 Å². The van der Waals surface area contributed by atoms with E-state index in [1.807, 2.05) is 0 Å². The highest BCUT2D eigenvalue weighted by Crippen LogP contribution is 2.40. The van der Waals surface area contributed by atoms with Crippen molar-refractivity contribution in [3.63, 3.8) is 0 Å². The summed E-state index contributed by atoms with van der Waals surface area (Å²) in [6, 6.07) is 0. The van der Waals surface area contributed by atoms with Gasteiger partial charge < -0.3 is 14.2 Å². The van der Waals surface area contributed by atoms with Crippen LogP contribution in [0.5, 0.6) is 0 Å². The number of carbonyl (C=O) groups is 1. The fourth-order valence-corrected chi connectivity index (χ4v) is 0.930. The van der Waals surface area contributed by atoms with Crippen molar-refractivity contribution < 1.29 is 45.3 Å². The lowest BCUT2D eigenvalue weighted by atomic mass is 10.3. The third-order valence-corrected chi connectivity index (χ3v) is 1.80. The summed E-state index contributed by atoms with van der Waals surface area (Å²) in [5.74, 6) is -5.10. The van der Waals surface area contributed by atoms with E-state index < -0.39 is 43.9 Å². The highest BCUT2D eigenvalue weighted by Gasteiger charge is 2.65. The van der Waals surface area contributed by atoms with E-state index >= 15 is 0 Å². The van der Waals surface area contributed by atoms with E-state index in [4.69, 9.17) is 0 Å². The Morgan fingerprint density at radius 3 is 2.29 bits per heavy atom. The minimum absolute atomic E-state index is 0.490. The zero-order chi connectivity index (χ0) is 13.3. The molecule has 17 heavy (non-hydrogen) atoms. The average Bonchev–Trinajstić information content (AvgIpc) is 2.58. The fourth-order valence-electron chi connectivity index (χ4n) is 0.930. The Morgan fingerprint density at radius 1 is 1.35 bits per heavy atom. The zero-order valence-corrected chi connectivity index (χ0v) is 7.97. The van der Waals surface area contributed by atoms with Gasteiger partial charge in [-0.05, 0) is 0 Å².